The summed E-state index contributed by atoms with van der Waals surface area (Å²) in [5, 5.41) is 7.08. The third kappa shape index (κ3) is 4.53. The number of fused-ring (bicyclic) bond motifs is 2. The molecule has 0 aromatic heterocycles. The van der Waals surface area contributed by atoms with Crippen molar-refractivity contribution < 1.29 is 23.9 Å². The summed E-state index contributed by atoms with van der Waals surface area (Å²) in [4.78, 5) is 49.9. The lowest BCUT2D eigenvalue weighted by molar-refractivity contribution is -0.146. The summed E-state index contributed by atoms with van der Waals surface area (Å²) in [6, 6.07) is 19.7. The molecule has 8 nitrogen and oxygen atoms in total. The van der Waals surface area contributed by atoms with Crippen molar-refractivity contribution in [3.8, 4) is 0 Å². The number of carbonyl (C=O) groups is 4. The van der Waals surface area contributed by atoms with Gasteiger partial charge in [-0.1, -0.05) is 42.5 Å². The van der Waals surface area contributed by atoms with Crippen molar-refractivity contribution in [2.45, 2.75) is 0 Å². The quantitative estimate of drug-likeness (QED) is 0.619. The maximum Gasteiger partial charge on any atom is 0.325 e. The van der Waals surface area contributed by atoms with Crippen LogP contribution >= 0.6 is 0 Å². The summed E-state index contributed by atoms with van der Waals surface area (Å²) in [5.74, 6) is -2.04. The molecule has 0 spiro atoms. The second-order valence-electron chi connectivity index (χ2n) is 6.95. The molecule has 31 heavy (non-hydrogen) atoms. The molecule has 0 fully saturated rings. The molecule has 8 heteroatoms. The molecular formula is C23H19N3O5. The van der Waals surface area contributed by atoms with Crippen molar-refractivity contribution in [2.24, 2.45) is 0 Å². The summed E-state index contributed by atoms with van der Waals surface area (Å²) >= 11 is 0. The molecule has 3 aromatic carbocycles. The first-order valence-electron chi connectivity index (χ1n) is 9.63. The monoisotopic (exact) mass is 417 g/mol. The predicted octanol–water partition coefficient (Wildman–Crippen LogP) is 2.10. The second kappa shape index (κ2) is 8.66. The Hall–Kier alpha value is -4.20. The van der Waals surface area contributed by atoms with Gasteiger partial charge in [-0.25, -0.2) is 0 Å². The van der Waals surface area contributed by atoms with Gasteiger partial charge in [-0.2, -0.15) is 0 Å². The highest BCUT2D eigenvalue weighted by Crippen LogP contribution is 2.28. The van der Waals surface area contributed by atoms with Crippen molar-refractivity contribution >= 4 is 45.8 Å². The first-order chi connectivity index (χ1) is 15.0. The lowest BCUT2D eigenvalue weighted by atomic mass is 10.1. The maximum atomic E-state index is 12.5. The fourth-order valence-electron chi connectivity index (χ4n) is 3.31. The smallest absolute Gasteiger partial charge is 0.325 e. The third-order valence-electron chi connectivity index (χ3n) is 4.83. The van der Waals surface area contributed by atoms with E-state index >= 15 is 0 Å². The van der Waals surface area contributed by atoms with E-state index in [0.717, 1.165) is 10.8 Å². The number of amides is 3. The lowest BCUT2D eigenvalue weighted by Crippen LogP contribution is -2.44. The van der Waals surface area contributed by atoms with E-state index in [1.165, 1.54) is 4.90 Å². The average Bonchev–Trinajstić information content (AvgIpc) is 2.80. The van der Waals surface area contributed by atoms with E-state index in [2.05, 4.69) is 10.6 Å². The third-order valence-corrected chi connectivity index (χ3v) is 4.83. The number of para-hydroxylation sites is 2. The Labute approximate surface area is 177 Å². The van der Waals surface area contributed by atoms with Crippen LogP contribution in [0.25, 0.3) is 10.8 Å². The van der Waals surface area contributed by atoms with E-state index in [1.807, 2.05) is 30.3 Å². The van der Waals surface area contributed by atoms with Crippen molar-refractivity contribution in [1.29, 1.82) is 0 Å². The highest BCUT2D eigenvalue weighted by Gasteiger charge is 2.27. The fourth-order valence-corrected chi connectivity index (χ4v) is 3.31. The molecule has 4 rings (SSSR count). The van der Waals surface area contributed by atoms with Crippen LogP contribution in [0, 0.1) is 0 Å². The van der Waals surface area contributed by atoms with Gasteiger partial charge in [0.25, 0.3) is 11.8 Å². The van der Waals surface area contributed by atoms with Gasteiger partial charge in [0.15, 0.2) is 6.61 Å². The molecule has 0 bridgehead atoms. The second-order valence-corrected chi connectivity index (χ2v) is 6.95. The molecule has 3 amide bonds. The highest BCUT2D eigenvalue weighted by molar-refractivity contribution is 6.10. The minimum absolute atomic E-state index is 0.161. The van der Waals surface area contributed by atoms with Crippen molar-refractivity contribution in [2.75, 3.05) is 29.9 Å². The van der Waals surface area contributed by atoms with Crippen molar-refractivity contribution in [1.82, 2.24) is 5.32 Å². The molecule has 3 aromatic rings. The molecule has 0 aliphatic carbocycles. The average molecular weight is 417 g/mol. The molecule has 1 heterocycles. The molecule has 156 valence electrons. The minimum Gasteiger partial charge on any atom is -0.454 e. The zero-order valence-electron chi connectivity index (χ0n) is 16.5. The first-order valence-corrected chi connectivity index (χ1v) is 9.63. The Kier molecular flexibility index (Phi) is 5.61. The number of carbonyl (C=O) groups excluding carboxylic acids is 4. The van der Waals surface area contributed by atoms with Gasteiger partial charge < -0.3 is 15.4 Å². The minimum atomic E-state index is -0.753. The van der Waals surface area contributed by atoms with Crippen LogP contribution < -0.4 is 15.5 Å². The summed E-state index contributed by atoms with van der Waals surface area (Å²) in [6.07, 6.45) is 0. The molecule has 0 radical (unpaired) electrons. The van der Waals surface area contributed by atoms with E-state index in [-0.39, 0.29) is 19.0 Å². The van der Waals surface area contributed by atoms with Crippen LogP contribution in [0.15, 0.2) is 66.7 Å². The van der Waals surface area contributed by atoms with E-state index in [1.54, 1.807) is 36.4 Å². The van der Waals surface area contributed by atoms with Crippen LogP contribution in [0.1, 0.15) is 10.4 Å². The summed E-state index contributed by atoms with van der Waals surface area (Å²) in [5.41, 5.74) is 1.47. The van der Waals surface area contributed by atoms with Gasteiger partial charge in [0.05, 0.1) is 11.4 Å². The Morgan fingerprint density at radius 2 is 1.71 bits per heavy atom. The largest absolute Gasteiger partial charge is 0.454 e. The fraction of sp³-hybridized carbons (Fsp3) is 0.130. The maximum absolute atomic E-state index is 12.5. The normalized spacial score (nSPS) is 12.6. The predicted molar refractivity (Wildman–Crippen MR) is 115 cm³/mol. The van der Waals surface area contributed by atoms with Crippen LogP contribution in [0.2, 0.25) is 0 Å². The summed E-state index contributed by atoms with van der Waals surface area (Å²) in [6.45, 7) is -1.07. The molecule has 0 saturated carbocycles. The molecule has 2 N–H and O–H groups in total. The molecule has 1 aliphatic heterocycles. The van der Waals surface area contributed by atoms with Crippen molar-refractivity contribution in [3.05, 3.63) is 72.3 Å². The standard InChI is InChI=1S/C23H19N3O5/c27-20-13-26(19-8-4-3-7-18(19)25-20)21(28)14-31-22(29)12-24-23(30)17-10-9-15-5-1-2-6-16(15)11-17/h1-11H,12-14H2,(H,24,30)(H,25,27). The summed E-state index contributed by atoms with van der Waals surface area (Å²) < 4.78 is 4.99. The van der Waals surface area contributed by atoms with E-state index in [4.69, 9.17) is 4.74 Å². The Morgan fingerprint density at radius 3 is 2.55 bits per heavy atom. The number of nitrogens with one attached hydrogen (secondary N) is 2. The number of hydrogen-bond donors (Lipinski definition) is 2. The van der Waals surface area contributed by atoms with Gasteiger partial charge in [0.1, 0.15) is 13.1 Å². The van der Waals surface area contributed by atoms with Gasteiger partial charge in [0, 0.05) is 5.56 Å². The lowest BCUT2D eigenvalue weighted by Gasteiger charge is -2.28. The van der Waals surface area contributed by atoms with Gasteiger partial charge in [-0.05, 0) is 35.0 Å². The van der Waals surface area contributed by atoms with Crippen LogP contribution in [0.3, 0.4) is 0 Å². The number of hydrogen-bond acceptors (Lipinski definition) is 5. The SMILES string of the molecule is O=C1CN(C(=O)COC(=O)CNC(=O)c2ccc3ccccc3c2)c2ccccc2N1. The van der Waals surface area contributed by atoms with E-state index in [0.29, 0.717) is 16.9 Å². The number of benzene rings is 3. The molecule has 0 unspecified atom stereocenters. The van der Waals surface area contributed by atoms with E-state index in [9.17, 15) is 19.2 Å². The Bertz CT molecular complexity index is 1190. The molecule has 1 aliphatic rings. The Balaban J connectivity index is 1.30. The summed E-state index contributed by atoms with van der Waals surface area (Å²) in [7, 11) is 0. The molecule has 0 atom stereocenters. The van der Waals surface area contributed by atoms with Gasteiger partial charge in [-0.15, -0.1) is 0 Å². The number of anilines is 2. The highest BCUT2D eigenvalue weighted by atomic mass is 16.5. The van der Waals surface area contributed by atoms with Gasteiger partial charge >= 0.3 is 5.97 Å². The molecule has 0 saturated heterocycles. The van der Waals surface area contributed by atoms with Crippen LogP contribution in [0.4, 0.5) is 11.4 Å². The van der Waals surface area contributed by atoms with Crippen LogP contribution in [0.5, 0.6) is 0 Å². The number of rotatable bonds is 5. The van der Waals surface area contributed by atoms with Gasteiger partial charge in [0.2, 0.25) is 5.91 Å². The van der Waals surface area contributed by atoms with Crippen molar-refractivity contribution in [3.63, 3.8) is 0 Å². The van der Waals surface area contributed by atoms with Crippen LogP contribution in [-0.4, -0.2) is 43.4 Å². The van der Waals surface area contributed by atoms with Crippen LogP contribution in [-0.2, 0) is 19.1 Å². The topological polar surface area (TPSA) is 105 Å². The number of esters is 1. The zero-order valence-corrected chi connectivity index (χ0v) is 16.5. The van der Waals surface area contributed by atoms with Gasteiger partial charge in [-0.3, -0.25) is 24.1 Å². The first kappa shape index (κ1) is 20.1. The van der Waals surface area contributed by atoms with E-state index < -0.39 is 24.4 Å². The number of nitrogens with zero attached hydrogens (tertiary/aromatic N) is 1. The number of ether oxygens (including phenoxy) is 1. The zero-order chi connectivity index (χ0) is 21.8. The molecular weight excluding hydrogens is 398 g/mol. The Morgan fingerprint density at radius 1 is 0.968 bits per heavy atom.